The van der Waals surface area contributed by atoms with Crippen LogP contribution in [-0.4, -0.2) is 27.3 Å². The number of benzene rings is 1. The van der Waals surface area contributed by atoms with E-state index in [0.29, 0.717) is 6.04 Å². The third-order valence-electron chi connectivity index (χ3n) is 4.08. The maximum absolute atomic E-state index is 5.49. The van der Waals surface area contributed by atoms with Gasteiger partial charge in [0.15, 0.2) is 3.95 Å². The molecule has 1 aliphatic carbocycles. The minimum Gasteiger partial charge on any atom is -0.356 e. The van der Waals surface area contributed by atoms with Crippen LogP contribution in [0.15, 0.2) is 24.3 Å². The SMILES string of the molecule is CN(Cn1nc(NC(C)(C)C)sc1=S)[C@@H]1CCc2ccccc21. The van der Waals surface area contributed by atoms with Crippen LogP contribution < -0.4 is 5.32 Å². The minimum absolute atomic E-state index is 0.00620. The van der Waals surface area contributed by atoms with Crippen LogP contribution in [0.2, 0.25) is 0 Å². The molecule has 0 fully saturated rings. The third-order valence-corrected chi connectivity index (χ3v) is 5.30. The van der Waals surface area contributed by atoms with Crippen LogP contribution in [-0.2, 0) is 13.1 Å². The summed E-state index contributed by atoms with van der Waals surface area (Å²) in [5, 5.41) is 8.93. The predicted molar refractivity (Wildman–Crippen MR) is 99.6 cm³/mol. The Labute approximate surface area is 147 Å². The standard InChI is InChI=1S/C17H24N4S2/c1-17(2,3)18-15-19-21(16(22)23-15)11-20(4)14-10-9-12-7-5-6-8-13(12)14/h5-8,14H,9-11H2,1-4H3,(H,18,19)/t14-/m1/s1. The summed E-state index contributed by atoms with van der Waals surface area (Å²) in [6, 6.07) is 9.20. The van der Waals surface area contributed by atoms with Crippen LogP contribution in [0.5, 0.6) is 0 Å². The molecule has 0 radical (unpaired) electrons. The van der Waals surface area contributed by atoms with Gasteiger partial charge in [-0.15, -0.1) is 5.10 Å². The molecule has 3 rings (SSSR count). The number of rotatable bonds is 4. The second-order valence-electron chi connectivity index (χ2n) is 7.20. The quantitative estimate of drug-likeness (QED) is 0.827. The van der Waals surface area contributed by atoms with E-state index in [9.17, 15) is 0 Å². The first-order valence-electron chi connectivity index (χ1n) is 7.98. The number of hydrogen-bond acceptors (Lipinski definition) is 5. The summed E-state index contributed by atoms with van der Waals surface area (Å²) in [5.41, 5.74) is 2.92. The molecule has 6 heteroatoms. The van der Waals surface area contributed by atoms with Gasteiger partial charge in [0, 0.05) is 11.6 Å². The molecule has 1 aromatic heterocycles. The average molecular weight is 349 g/mol. The lowest BCUT2D eigenvalue weighted by Crippen LogP contribution is -2.28. The monoisotopic (exact) mass is 348 g/mol. The lowest BCUT2D eigenvalue weighted by atomic mass is 10.1. The van der Waals surface area contributed by atoms with E-state index in [1.807, 2.05) is 4.68 Å². The average Bonchev–Trinajstić information content (AvgIpc) is 3.01. The molecule has 0 amide bonds. The molecular weight excluding hydrogens is 324 g/mol. The zero-order chi connectivity index (χ0) is 16.6. The lowest BCUT2D eigenvalue weighted by Gasteiger charge is -2.25. The molecule has 0 unspecified atom stereocenters. The molecule has 124 valence electrons. The largest absolute Gasteiger partial charge is 0.356 e. The Hall–Kier alpha value is -1.24. The van der Waals surface area contributed by atoms with E-state index >= 15 is 0 Å². The summed E-state index contributed by atoms with van der Waals surface area (Å²) in [5.74, 6) is 0. The van der Waals surface area contributed by atoms with Crippen molar-refractivity contribution in [3.63, 3.8) is 0 Å². The molecule has 0 spiro atoms. The van der Waals surface area contributed by atoms with E-state index in [0.717, 1.165) is 22.2 Å². The number of nitrogens with zero attached hydrogens (tertiary/aromatic N) is 3. The van der Waals surface area contributed by atoms with Crippen LogP contribution in [0.4, 0.5) is 5.13 Å². The Bertz CT molecular complexity index is 742. The first-order valence-corrected chi connectivity index (χ1v) is 9.20. The van der Waals surface area contributed by atoms with Gasteiger partial charge in [-0.1, -0.05) is 35.6 Å². The molecule has 1 heterocycles. The van der Waals surface area contributed by atoms with Gasteiger partial charge in [0.05, 0.1) is 6.67 Å². The van der Waals surface area contributed by atoms with Crippen molar-refractivity contribution in [2.75, 3.05) is 12.4 Å². The first kappa shape index (κ1) is 16.6. The Balaban J connectivity index is 1.74. The van der Waals surface area contributed by atoms with Crippen molar-refractivity contribution in [2.24, 2.45) is 0 Å². The summed E-state index contributed by atoms with van der Waals surface area (Å²) in [4.78, 5) is 2.35. The van der Waals surface area contributed by atoms with Gasteiger partial charge in [-0.05, 0) is 64.0 Å². The van der Waals surface area contributed by atoms with Crippen LogP contribution in [0.3, 0.4) is 0 Å². The molecule has 1 aliphatic rings. The number of nitrogens with one attached hydrogen (secondary N) is 1. The maximum Gasteiger partial charge on any atom is 0.205 e. The van der Waals surface area contributed by atoms with Gasteiger partial charge in [0.1, 0.15) is 0 Å². The molecule has 1 aromatic carbocycles. The Kier molecular flexibility index (Phi) is 4.58. The predicted octanol–water partition coefficient (Wildman–Crippen LogP) is 4.46. The van der Waals surface area contributed by atoms with E-state index in [1.165, 1.54) is 17.5 Å². The molecule has 4 nitrogen and oxygen atoms in total. The van der Waals surface area contributed by atoms with Crippen molar-refractivity contribution in [2.45, 2.75) is 51.9 Å². The van der Waals surface area contributed by atoms with Crippen LogP contribution in [0, 0.1) is 3.95 Å². The summed E-state index contributed by atoms with van der Waals surface area (Å²) < 4.78 is 2.74. The van der Waals surface area contributed by atoms with E-state index in [4.69, 9.17) is 12.2 Å². The highest BCUT2D eigenvalue weighted by Crippen LogP contribution is 2.35. The zero-order valence-corrected chi connectivity index (χ0v) is 15.8. The summed E-state index contributed by atoms with van der Waals surface area (Å²) in [6.45, 7) is 7.11. The zero-order valence-electron chi connectivity index (χ0n) is 14.2. The van der Waals surface area contributed by atoms with Gasteiger partial charge >= 0.3 is 0 Å². The number of fused-ring (bicyclic) bond motifs is 1. The minimum atomic E-state index is -0.00620. The fourth-order valence-corrected chi connectivity index (χ4v) is 4.27. The van der Waals surface area contributed by atoms with E-state index in [1.54, 1.807) is 11.3 Å². The van der Waals surface area contributed by atoms with Crippen molar-refractivity contribution >= 4 is 28.7 Å². The number of aromatic nitrogens is 2. The first-order chi connectivity index (χ1) is 10.8. The second-order valence-corrected chi connectivity index (χ2v) is 8.82. The van der Waals surface area contributed by atoms with Gasteiger partial charge in [-0.25, -0.2) is 4.68 Å². The highest BCUT2D eigenvalue weighted by Gasteiger charge is 2.26. The molecule has 2 aromatic rings. The molecule has 0 saturated carbocycles. The number of hydrogen-bond donors (Lipinski definition) is 1. The Morgan fingerprint density at radius 1 is 1.39 bits per heavy atom. The van der Waals surface area contributed by atoms with Crippen molar-refractivity contribution in [3.8, 4) is 0 Å². The van der Waals surface area contributed by atoms with Crippen molar-refractivity contribution < 1.29 is 0 Å². The van der Waals surface area contributed by atoms with Gasteiger partial charge in [-0.2, -0.15) is 0 Å². The Morgan fingerprint density at radius 2 is 2.13 bits per heavy atom. The summed E-state index contributed by atoms with van der Waals surface area (Å²) in [7, 11) is 2.16. The van der Waals surface area contributed by atoms with Crippen LogP contribution in [0.1, 0.15) is 44.4 Å². The van der Waals surface area contributed by atoms with E-state index < -0.39 is 0 Å². The lowest BCUT2D eigenvalue weighted by molar-refractivity contribution is 0.183. The summed E-state index contributed by atoms with van der Waals surface area (Å²) >= 11 is 7.03. The molecule has 1 N–H and O–H groups in total. The van der Waals surface area contributed by atoms with Crippen molar-refractivity contribution in [1.29, 1.82) is 0 Å². The van der Waals surface area contributed by atoms with Crippen molar-refractivity contribution in [1.82, 2.24) is 14.7 Å². The fourth-order valence-electron chi connectivity index (χ4n) is 3.07. The van der Waals surface area contributed by atoms with Crippen LogP contribution in [0.25, 0.3) is 0 Å². The maximum atomic E-state index is 5.49. The second kappa shape index (κ2) is 6.34. The van der Waals surface area contributed by atoms with Crippen LogP contribution >= 0.6 is 23.6 Å². The summed E-state index contributed by atoms with van der Waals surface area (Å²) in [6.07, 6.45) is 2.32. The van der Waals surface area contributed by atoms with E-state index in [-0.39, 0.29) is 5.54 Å². The number of aryl methyl sites for hydroxylation is 1. The number of anilines is 1. The Morgan fingerprint density at radius 3 is 2.87 bits per heavy atom. The molecule has 0 bridgehead atoms. The molecule has 0 aliphatic heterocycles. The van der Waals surface area contributed by atoms with Gasteiger partial charge < -0.3 is 5.32 Å². The van der Waals surface area contributed by atoms with Gasteiger partial charge in [0.2, 0.25) is 5.13 Å². The smallest absolute Gasteiger partial charge is 0.205 e. The van der Waals surface area contributed by atoms with E-state index in [2.05, 4.69) is 67.4 Å². The fraction of sp³-hybridized carbons (Fsp3) is 0.529. The normalized spacial score (nSPS) is 17.5. The van der Waals surface area contributed by atoms with Gasteiger partial charge in [0.25, 0.3) is 0 Å². The molecule has 23 heavy (non-hydrogen) atoms. The molecular formula is C17H24N4S2. The topological polar surface area (TPSA) is 33.1 Å². The highest BCUT2D eigenvalue weighted by atomic mass is 32.1. The van der Waals surface area contributed by atoms with Crippen molar-refractivity contribution in [3.05, 3.63) is 39.3 Å². The third kappa shape index (κ3) is 3.82. The van der Waals surface area contributed by atoms with Gasteiger partial charge in [-0.3, -0.25) is 4.90 Å². The highest BCUT2D eigenvalue weighted by molar-refractivity contribution is 7.73. The molecule has 1 atom stereocenters. The molecule has 0 saturated heterocycles.